The third-order valence-corrected chi connectivity index (χ3v) is 12.6. The zero-order valence-corrected chi connectivity index (χ0v) is 44.9. The molecule has 0 aliphatic heterocycles. The summed E-state index contributed by atoms with van der Waals surface area (Å²) in [6.45, 7) is 55.1. The average molecular weight is 901 g/mol. The van der Waals surface area contributed by atoms with Crippen LogP contribution in [0.1, 0.15) is 124 Å². The van der Waals surface area contributed by atoms with Crippen molar-refractivity contribution in [3.8, 4) is 22.3 Å². The van der Waals surface area contributed by atoms with E-state index in [1.807, 2.05) is 57.2 Å². The topological polar surface area (TPSA) is 0 Å². The van der Waals surface area contributed by atoms with Crippen LogP contribution in [0, 0.1) is 47.5 Å². The van der Waals surface area contributed by atoms with Gasteiger partial charge in [-0.05, 0) is 148 Å². The molecule has 5 aromatic carbocycles. The molecule has 2 aliphatic carbocycles. The summed E-state index contributed by atoms with van der Waals surface area (Å²) >= 11 is 0. The Morgan fingerprint density at radius 3 is 1.57 bits per heavy atom. The van der Waals surface area contributed by atoms with Crippen molar-refractivity contribution in [2.24, 2.45) is 5.92 Å². The van der Waals surface area contributed by atoms with Crippen molar-refractivity contribution in [1.82, 2.24) is 0 Å². The van der Waals surface area contributed by atoms with Gasteiger partial charge in [-0.1, -0.05) is 259 Å². The van der Waals surface area contributed by atoms with E-state index < -0.39 is 0 Å². The molecule has 0 spiro atoms. The number of allylic oxidation sites excluding steroid dienone is 12. The number of aryl methyl sites for hydroxylation is 6. The van der Waals surface area contributed by atoms with Crippen LogP contribution in [0.5, 0.6) is 0 Å². The average Bonchev–Trinajstić information content (AvgIpc) is 3.74. The van der Waals surface area contributed by atoms with Crippen LogP contribution in [0.25, 0.3) is 34.4 Å². The van der Waals surface area contributed by atoms with Crippen LogP contribution in [0.2, 0.25) is 0 Å². The van der Waals surface area contributed by atoms with Gasteiger partial charge in [0.1, 0.15) is 0 Å². The van der Waals surface area contributed by atoms with Gasteiger partial charge in [0.2, 0.25) is 0 Å². The molecule has 0 radical (unpaired) electrons. The van der Waals surface area contributed by atoms with Crippen molar-refractivity contribution in [2.45, 2.75) is 116 Å². The quantitative estimate of drug-likeness (QED) is 0.129. The van der Waals surface area contributed by atoms with E-state index >= 15 is 0 Å². The summed E-state index contributed by atoms with van der Waals surface area (Å²) in [5.74, 6) is 0.502. The zero-order valence-electron chi connectivity index (χ0n) is 44.9. The maximum Gasteiger partial charge on any atom is 0.0159 e. The third kappa shape index (κ3) is 14.7. The minimum absolute atomic E-state index is 0.0406. The van der Waals surface area contributed by atoms with Gasteiger partial charge in [0.05, 0.1) is 0 Å². The summed E-state index contributed by atoms with van der Waals surface area (Å²) in [7, 11) is 0. The smallest absolute Gasteiger partial charge is 0.0159 e. The summed E-state index contributed by atoms with van der Waals surface area (Å²) in [5.41, 5.74) is 26.4. The lowest BCUT2D eigenvalue weighted by Gasteiger charge is -2.23. The Hall–Kier alpha value is -6.50. The Kier molecular flexibility index (Phi) is 23.7. The number of benzene rings is 5. The van der Waals surface area contributed by atoms with Gasteiger partial charge in [-0.25, -0.2) is 0 Å². The summed E-state index contributed by atoms with van der Waals surface area (Å²) in [4.78, 5) is 0. The summed E-state index contributed by atoms with van der Waals surface area (Å²) in [6.07, 6.45) is 16.6. The molecule has 2 aliphatic rings. The van der Waals surface area contributed by atoms with E-state index in [1.54, 1.807) is 12.2 Å². The van der Waals surface area contributed by atoms with Crippen molar-refractivity contribution in [3.05, 3.63) is 262 Å². The van der Waals surface area contributed by atoms with E-state index in [4.69, 9.17) is 0 Å². The van der Waals surface area contributed by atoms with Crippen LogP contribution in [0.4, 0.5) is 0 Å². The Morgan fingerprint density at radius 1 is 0.588 bits per heavy atom. The maximum absolute atomic E-state index is 4.05. The Morgan fingerprint density at radius 2 is 1.13 bits per heavy atom. The predicted molar refractivity (Wildman–Crippen MR) is 310 cm³/mol. The molecule has 1 unspecified atom stereocenters. The molecule has 68 heavy (non-hydrogen) atoms. The number of hydrogen-bond acceptors (Lipinski definition) is 0. The van der Waals surface area contributed by atoms with Crippen LogP contribution in [-0.4, -0.2) is 0 Å². The Labute approximate surface area is 416 Å². The van der Waals surface area contributed by atoms with Crippen LogP contribution in [0.15, 0.2) is 206 Å². The molecule has 0 saturated carbocycles. The molecule has 0 N–H and O–H groups in total. The minimum atomic E-state index is 0.0406. The summed E-state index contributed by atoms with van der Waals surface area (Å²) in [5, 5.41) is 0. The highest BCUT2D eigenvalue weighted by Gasteiger charge is 2.37. The molecule has 5 aromatic rings. The van der Waals surface area contributed by atoms with Crippen LogP contribution < -0.4 is 0 Å². The van der Waals surface area contributed by atoms with Gasteiger partial charge in [-0.3, -0.25) is 0 Å². The highest BCUT2D eigenvalue weighted by atomic mass is 14.4. The van der Waals surface area contributed by atoms with Crippen molar-refractivity contribution in [2.75, 3.05) is 0 Å². The lowest BCUT2D eigenvalue weighted by atomic mass is 9.80. The first-order valence-corrected chi connectivity index (χ1v) is 24.4. The van der Waals surface area contributed by atoms with Crippen LogP contribution in [0.3, 0.4) is 0 Å². The van der Waals surface area contributed by atoms with Gasteiger partial charge >= 0.3 is 0 Å². The molecular weight excluding hydrogens is 817 g/mol. The van der Waals surface area contributed by atoms with Gasteiger partial charge in [0.25, 0.3) is 0 Å². The molecule has 7 rings (SSSR count). The van der Waals surface area contributed by atoms with Crippen LogP contribution in [-0.2, 0) is 5.41 Å². The predicted octanol–water partition coefficient (Wildman–Crippen LogP) is 20.5. The highest BCUT2D eigenvalue weighted by Crippen LogP contribution is 2.52. The molecule has 0 fully saturated rings. The Balaban J connectivity index is 0.000000304. The second kappa shape index (κ2) is 28.0. The van der Waals surface area contributed by atoms with Crippen LogP contribution >= 0.6 is 0 Å². The second-order valence-corrected chi connectivity index (χ2v) is 18.0. The molecule has 356 valence electrons. The highest BCUT2D eigenvalue weighted by molar-refractivity contribution is 5.91. The number of rotatable bonds is 9. The molecule has 0 heteroatoms. The first kappa shape index (κ1) is 57.6. The van der Waals surface area contributed by atoms with Gasteiger partial charge in [-0.15, -0.1) is 0 Å². The van der Waals surface area contributed by atoms with Crippen molar-refractivity contribution in [3.63, 3.8) is 0 Å². The second-order valence-electron chi connectivity index (χ2n) is 18.0. The van der Waals surface area contributed by atoms with Crippen molar-refractivity contribution in [1.29, 1.82) is 0 Å². The molecular formula is C68H84. The molecule has 0 saturated heterocycles. The summed E-state index contributed by atoms with van der Waals surface area (Å²) in [6, 6.07) is 34.7. The molecule has 0 aromatic heterocycles. The van der Waals surface area contributed by atoms with Gasteiger partial charge in [0.15, 0.2) is 0 Å². The lowest BCUT2D eigenvalue weighted by molar-refractivity contribution is 0.659. The molecule has 0 bridgehead atoms. The molecule has 0 nitrogen and oxygen atoms in total. The first-order chi connectivity index (χ1) is 32.4. The van der Waals surface area contributed by atoms with E-state index in [1.165, 1.54) is 106 Å². The number of fused-ring (bicyclic) bond motifs is 3. The van der Waals surface area contributed by atoms with E-state index in [-0.39, 0.29) is 5.41 Å². The summed E-state index contributed by atoms with van der Waals surface area (Å²) < 4.78 is 0. The molecule has 0 heterocycles. The van der Waals surface area contributed by atoms with E-state index in [0.29, 0.717) is 5.92 Å². The van der Waals surface area contributed by atoms with Gasteiger partial charge in [0, 0.05) is 11.3 Å². The van der Waals surface area contributed by atoms with E-state index in [9.17, 15) is 0 Å². The van der Waals surface area contributed by atoms with E-state index in [2.05, 4.69) is 220 Å². The van der Waals surface area contributed by atoms with Crippen molar-refractivity contribution < 1.29 is 0 Å². The first-order valence-electron chi connectivity index (χ1n) is 24.4. The fourth-order valence-corrected chi connectivity index (χ4v) is 8.97. The third-order valence-electron chi connectivity index (χ3n) is 12.6. The van der Waals surface area contributed by atoms with E-state index in [0.717, 1.165) is 12.0 Å². The SMILES string of the molecule is C=C/C=C(/C)C=C.C=CC1=C(C=C)C(CC)C(/C(C)=C\C)=C1C.C=Cc1c(C)cc2c(c1C=C)-c1ccc(C)cc1C2(C)C.CC.Cc1cc(C)cc(-c2ccccc2)c1.Cc1ccc(C)cc1. The van der Waals surface area contributed by atoms with Crippen molar-refractivity contribution >= 4 is 12.2 Å². The fourth-order valence-electron chi connectivity index (χ4n) is 8.97. The number of hydrogen-bond donors (Lipinski definition) is 0. The fraction of sp³-hybridized carbons (Fsp3) is 0.265. The monoisotopic (exact) mass is 901 g/mol. The minimum Gasteiger partial charge on any atom is -0.0991 e. The lowest BCUT2D eigenvalue weighted by Crippen LogP contribution is -2.15. The largest absolute Gasteiger partial charge is 0.0991 e. The molecule has 1 atom stereocenters. The Bertz CT molecular complexity index is 2610. The maximum atomic E-state index is 4.05. The van der Waals surface area contributed by atoms with Gasteiger partial charge in [-0.2, -0.15) is 0 Å². The zero-order chi connectivity index (χ0) is 51.3. The standard InChI is InChI=1S/C21H22.C16H22.C14H14.C8H10.C7H10.C2H6/c1-7-15-14(4)12-19-20(16(15)8-2)17-10-9-13(3)11-18(17)21(19,5)6;1-7-11(5)16-12(6)13(8-2)14(9-3)15(16)10-4;1-11-8-12(2)10-14(9-11)13-6-4-3-5-7-13;1-7-3-5-8(2)6-4-7;1-4-6-7(3)5-2;1-2/h7-12H,1-2H2,3-6H3;7-9,15H,2-3,10H2,1,4-6H3;3-10H,1-2H3;3-6H,1-2H3;4-6H,1-2H2,3H3;1-2H3/b;11-7-;;;7-6-;. The molecule has 0 amide bonds. The normalized spacial score (nSPS) is 14.0. The van der Waals surface area contributed by atoms with Gasteiger partial charge < -0.3 is 0 Å².